The van der Waals surface area contributed by atoms with Crippen LogP contribution in [0.1, 0.15) is 27.7 Å². The smallest absolute Gasteiger partial charge is 0.321 e. The number of nitrogens with zero attached hydrogens (tertiary/aromatic N) is 2. The molecular weight excluding hydrogens is 395 g/mol. The molecule has 26 heavy (non-hydrogen) atoms. The lowest BCUT2D eigenvalue weighted by Gasteiger charge is -2.20. The normalized spacial score (nSPS) is 12.5. The van der Waals surface area contributed by atoms with Crippen LogP contribution in [-0.2, 0) is 4.79 Å². The fourth-order valence-corrected chi connectivity index (χ4v) is 4.35. The molecule has 0 aliphatic heterocycles. The third-order valence-corrected chi connectivity index (χ3v) is 5.39. The molecule has 1 aromatic heterocycles. The number of benzene rings is 1. The first-order valence-electron chi connectivity index (χ1n) is 7.71. The maximum Gasteiger partial charge on any atom is 0.321 e. The highest BCUT2D eigenvalue weighted by Gasteiger charge is 2.21. The summed E-state index contributed by atoms with van der Waals surface area (Å²) in [4.78, 5) is 23.9. The Morgan fingerprint density at radius 1 is 1.31 bits per heavy atom. The van der Waals surface area contributed by atoms with Crippen molar-refractivity contribution < 1.29 is 14.0 Å². The molecule has 0 radical (unpaired) electrons. The van der Waals surface area contributed by atoms with Crippen LogP contribution in [0.3, 0.4) is 0 Å². The van der Waals surface area contributed by atoms with E-state index in [1.165, 1.54) is 39.9 Å². The minimum absolute atomic E-state index is 0.344. The molecule has 2 N–H and O–H groups in total. The number of urea groups is 1. The molecule has 0 saturated carbocycles. The average Bonchev–Trinajstić information content (AvgIpc) is 2.86. The van der Waals surface area contributed by atoms with Gasteiger partial charge in [0.15, 0.2) is 8.29 Å². The summed E-state index contributed by atoms with van der Waals surface area (Å²) in [5, 5.41) is 8.79. The van der Waals surface area contributed by atoms with Crippen LogP contribution in [0.25, 0.3) is 5.69 Å². The van der Waals surface area contributed by atoms with E-state index >= 15 is 0 Å². The molecule has 0 saturated heterocycles. The average molecular weight is 415 g/mol. The van der Waals surface area contributed by atoms with Crippen molar-refractivity contribution >= 4 is 47.3 Å². The molecular formula is C16H19FN4O2S3. The maximum absolute atomic E-state index is 13.0. The molecule has 140 valence electrons. The summed E-state index contributed by atoms with van der Waals surface area (Å²) in [5.74, 6) is -0.768. The number of thioether (sulfide) groups is 1. The van der Waals surface area contributed by atoms with Gasteiger partial charge in [-0.15, -0.1) is 5.10 Å². The van der Waals surface area contributed by atoms with Crippen molar-refractivity contribution in [3.8, 4) is 5.69 Å². The number of hydrogen-bond donors (Lipinski definition) is 2. The summed E-state index contributed by atoms with van der Waals surface area (Å²) in [6.07, 6.45) is 0. The third-order valence-electron chi connectivity index (χ3n) is 2.97. The predicted molar refractivity (Wildman–Crippen MR) is 104 cm³/mol. The second-order valence-corrected chi connectivity index (χ2v) is 9.69. The largest absolute Gasteiger partial charge is 0.333 e. The van der Waals surface area contributed by atoms with E-state index in [1.807, 2.05) is 20.8 Å². The number of nitrogens with one attached hydrogen (secondary N) is 2. The Balaban J connectivity index is 2.03. The van der Waals surface area contributed by atoms with Crippen molar-refractivity contribution in [2.45, 2.75) is 42.8 Å². The van der Waals surface area contributed by atoms with Crippen molar-refractivity contribution in [1.82, 2.24) is 20.4 Å². The lowest BCUT2D eigenvalue weighted by molar-refractivity contribution is -0.119. The summed E-state index contributed by atoms with van der Waals surface area (Å²) in [7, 11) is 0. The fraction of sp³-hybridized carbons (Fsp3) is 0.375. The minimum atomic E-state index is -0.542. The van der Waals surface area contributed by atoms with Crippen LogP contribution in [0, 0.1) is 9.77 Å². The standard InChI is InChI=1S/C16H19FN4O2S3/c1-9(12(22)18-13(23)19-16(2,3)4)25-14-20-21(15(24)26-14)11-7-5-10(17)6-8-11/h5-9H,1-4H3,(H2,18,19,22,23)/t9-/m1/s1. The first-order valence-corrected chi connectivity index (χ1v) is 9.81. The number of hydrogen-bond acceptors (Lipinski definition) is 6. The van der Waals surface area contributed by atoms with Crippen LogP contribution in [0.5, 0.6) is 0 Å². The van der Waals surface area contributed by atoms with Crippen molar-refractivity contribution in [3.63, 3.8) is 0 Å². The first kappa shape index (κ1) is 20.5. The molecule has 10 heteroatoms. The summed E-state index contributed by atoms with van der Waals surface area (Å²) < 4.78 is 15.6. The Bertz CT molecular complexity index is 856. The molecule has 0 unspecified atom stereocenters. The van der Waals surface area contributed by atoms with Crippen LogP contribution in [-0.4, -0.2) is 32.5 Å². The van der Waals surface area contributed by atoms with Crippen LogP contribution in [0.4, 0.5) is 9.18 Å². The number of halogens is 1. The number of imide groups is 1. The highest BCUT2D eigenvalue weighted by Crippen LogP contribution is 2.27. The van der Waals surface area contributed by atoms with Gasteiger partial charge in [-0.3, -0.25) is 10.1 Å². The second kappa shape index (κ2) is 8.28. The van der Waals surface area contributed by atoms with E-state index in [9.17, 15) is 14.0 Å². The van der Waals surface area contributed by atoms with Crippen LogP contribution in [0.15, 0.2) is 28.6 Å². The maximum atomic E-state index is 13.0. The molecule has 1 atom stereocenters. The van der Waals surface area contributed by atoms with Crippen molar-refractivity contribution in [3.05, 3.63) is 34.0 Å². The molecule has 0 bridgehead atoms. The second-order valence-electron chi connectivity index (χ2n) is 6.48. The van der Waals surface area contributed by atoms with Gasteiger partial charge >= 0.3 is 6.03 Å². The first-order chi connectivity index (χ1) is 12.0. The number of amides is 3. The molecule has 0 aliphatic rings. The van der Waals surface area contributed by atoms with E-state index in [1.54, 1.807) is 19.1 Å². The monoisotopic (exact) mass is 414 g/mol. The van der Waals surface area contributed by atoms with E-state index in [0.29, 0.717) is 14.0 Å². The third kappa shape index (κ3) is 5.89. The Morgan fingerprint density at radius 3 is 2.50 bits per heavy atom. The summed E-state index contributed by atoms with van der Waals surface area (Å²) in [5.41, 5.74) is 0.203. The van der Waals surface area contributed by atoms with E-state index in [-0.39, 0.29) is 5.82 Å². The van der Waals surface area contributed by atoms with Crippen LogP contribution in [0.2, 0.25) is 0 Å². The van der Waals surface area contributed by atoms with Gasteiger partial charge in [0.05, 0.1) is 10.9 Å². The van der Waals surface area contributed by atoms with Gasteiger partial charge in [-0.1, -0.05) is 23.1 Å². The lowest BCUT2D eigenvalue weighted by Crippen LogP contribution is -2.49. The molecule has 0 spiro atoms. The van der Waals surface area contributed by atoms with E-state index < -0.39 is 22.7 Å². The highest BCUT2D eigenvalue weighted by atomic mass is 32.2. The van der Waals surface area contributed by atoms with E-state index in [2.05, 4.69) is 15.7 Å². The zero-order chi connectivity index (χ0) is 19.5. The SMILES string of the molecule is C[C@@H](Sc1nn(-c2ccc(F)cc2)c(=S)s1)C(=O)NC(=O)NC(C)(C)C. The molecule has 6 nitrogen and oxygen atoms in total. The zero-order valence-electron chi connectivity index (χ0n) is 14.7. The minimum Gasteiger partial charge on any atom is -0.333 e. The fourth-order valence-electron chi connectivity index (χ4n) is 1.84. The van der Waals surface area contributed by atoms with E-state index in [0.717, 1.165) is 0 Å². The lowest BCUT2D eigenvalue weighted by atomic mass is 10.1. The quantitative estimate of drug-likeness (QED) is 0.586. The summed E-state index contributed by atoms with van der Waals surface area (Å²) >= 11 is 7.72. The van der Waals surface area contributed by atoms with Gasteiger partial charge in [-0.2, -0.15) is 0 Å². The number of carbonyl (C=O) groups is 2. The number of carbonyl (C=O) groups excluding carboxylic acids is 2. The van der Waals surface area contributed by atoms with Crippen LogP contribution >= 0.6 is 35.3 Å². The summed E-state index contributed by atoms with van der Waals surface area (Å²) in [6, 6.07) is 5.26. The number of aromatic nitrogens is 2. The Kier molecular flexibility index (Phi) is 6.53. The van der Waals surface area contributed by atoms with Crippen molar-refractivity contribution in [2.24, 2.45) is 0 Å². The summed E-state index contributed by atoms with van der Waals surface area (Å²) in [6.45, 7) is 7.15. The van der Waals surface area contributed by atoms with Gasteiger partial charge in [0.1, 0.15) is 5.82 Å². The molecule has 1 heterocycles. The zero-order valence-corrected chi connectivity index (χ0v) is 17.1. The highest BCUT2D eigenvalue weighted by molar-refractivity contribution is 8.02. The Labute approximate surface area is 164 Å². The van der Waals surface area contributed by atoms with Gasteiger partial charge in [-0.25, -0.2) is 13.9 Å². The molecule has 0 aliphatic carbocycles. The van der Waals surface area contributed by atoms with Gasteiger partial charge in [-0.05, 0) is 64.2 Å². The molecule has 3 amide bonds. The van der Waals surface area contributed by atoms with Crippen LogP contribution < -0.4 is 10.6 Å². The van der Waals surface area contributed by atoms with Gasteiger partial charge < -0.3 is 5.32 Å². The topological polar surface area (TPSA) is 76.0 Å². The van der Waals surface area contributed by atoms with Gasteiger partial charge in [0.25, 0.3) is 0 Å². The molecule has 1 aromatic carbocycles. The molecule has 2 rings (SSSR count). The predicted octanol–water partition coefficient (Wildman–Crippen LogP) is 3.91. The Morgan fingerprint density at radius 2 is 1.92 bits per heavy atom. The van der Waals surface area contributed by atoms with Gasteiger partial charge in [0.2, 0.25) is 5.91 Å². The Hall–Kier alpha value is -1.78. The molecule has 2 aromatic rings. The molecule has 0 fully saturated rings. The van der Waals surface area contributed by atoms with Gasteiger partial charge in [0, 0.05) is 5.54 Å². The van der Waals surface area contributed by atoms with E-state index in [4.69, 9.17) is 12.2 Å². The number of rotatable bonds is 4. The van der Waals surface area contributed by atoms with Crippen molar-refractivity contribution in [1.29, 1.82) is 0 Å². The van der Waals surface area contributed by atoms with Crippen molar-refractivity contribution in [2.75, 3.05) is 0 Å².